The number of nitrogens with one attached hydrogen (secondary N) is 1. The van der Waals surface area contributed by atoms with E-state index in [9.17, 15) is 4.79 Å². The summed E-state index contributed by atoms with van der Waals surface area (Å²) < 4.78 is 0. The third-order valence-electron chi connectivity index (χ3n) is 2.56. The highest BCUT2D eigenvalue weighted by molar-refractivity contribution is 7.09. The molecular weight excluding hydrogens is 236 g/mol. The number of carbonyl (C=O) groups excluding carboxylic acids is 1. The highest BCUT2D eigenvalue weighted by Crippen LogP contribution is 2.11. The van der Waals surface area contributed by atoms with Crippen LogP contribution in [0.15, 0.2) is 17.5 Å². The summed E-state index contributed by atoms with van der Waals surface area (Å²) in [4.78, 5) is 12.8. The Morgan fingerprint density at radius 2 is 2.41 bits per heavy atom. The number of thiophene rings is 1. The Balaban J connectivity index is 2.09. The maximum absolute atomic E-state index is 11.5. The van der Waals surface area contributed by atoms with Crippen LogP contribution in [-0.2, 0) is 11.2 Å². The number of hydrogen-bond acceptors (Lipinski definition) is 4. The van der Waals surface area contributed by atoms with Crippen molar-refractivity contribution in [2.45, 2.75) is 38.3 Å². The Labute approximate surface area is 106 Å². The molecule has 5 heteroatoms. The van der Waals surface area contributed by atoms with Crippen LogP contribution in [0.5, 0.6) is 0 Å². The molecule has 4 nitrogen and oxygen atoms in total. The average molecular weight is 256 g/mol. The van der Waals surface area contributed by atoms with Crippen LogP contribution < -0.4 is 11.1 Å². The van der Waals surface area contributed by atoms with Gasteiger partial charge in [0.05, 0.1) is 6.10 Å². The number of aryl methyl sites for hydroxylation is 1. The number of rotatable bonds is 7. The van der Waals surface area contributed by atoms with Gasteiger partial charge < -0.3 is 16.2 Å². The number of carbonyl (C=O) groups is 1. The molecule has 0 bridgehead atoms. The van der Waals surface area contributed by atoms with E-state index in [0.29, 0.717) is 13.0 Å². The van der Waals surface area contributed by atoms with Gasteiger partial charge in [0.1, 0.15) is 0 Å². The van der Waals surface area contributed by atoms with Crippen LogP contribution in [0.2, 0.25) is 0 Å². The van der Waals surface area contributed by atoms with Crippen molar-refractivity contribution in [1.29, 1.82) is 0 Å². The second kappa shape index (κ2) is 7.42. The molecule has 1 rings (SSSR count). The lowest BCUT2D eigenvalue weighted by Gasteiger charge is -2.15. The zero-order chi connectivity index (χ0) is 12.7. The normalized spacial score (nSPS) is 14.3. The number of aliphatic hydroxyl groups is 1. The highest BCUT2D eigenvalue weighted by atomic mass is 32.1. The summed E-state index contributed by atoms with van der Waals surface area (Å²) in [5.41, 5.74) is 5.61. The minimum atomic E-state index is -0.596. The molecule has 2 unspecified atom stereocenters. The standard InChI is InChI=1S/C12H20N2O2S/c1-9(15)11(13)8-14-12(16)6-2-4-10-5-3-7-17-10/h3,5,7,9,11,15H,2,4,6,8,13H2,1H3,(H,14,16). The second-order valence-corrected chi connectivity index (χ2v) is 5.17. The summed E-state index contributed by atoms with van der Waals surface area (Å²) in [5, 5.41) is 13.9. The van der Waals surface area contributed by atoms with Crippen molar-refractivity contribution in [3.05, 3.63) is 22.4 Å². The molecule has 1 heterocycles. The monoisotopic (exact) mass is 256 g/mol. The Bertz CT molecular complexity index is 325. The third-order valence-corrected chi connectivity index (χ3v) is 3.50. The number of aliphatic hydroxyl groups excluding tert-OH is 1. The van der Waals surface area contributed by atoms with Gasteiger partial charge in [0.15, 0.2) is 0 Å². The summed E-state index contributed by atoms with van der Waals surface area (Å²) in [6, 6.07) is 3.70. The number of nitrogens with two attached hydrogens (primary N) is 1. The van der Waals surface area contributed by atoms with E-state index in [1.54, 1.807) is 18.3 Å². The molecule has 0 saturated carbocycles. The minimum absolute atomic E-state index is 0.00217. The molecule has 0 radical (unpaired) electrons. The summed E-state index contributed by atoms with van der Waals surface area (Å²) >= 11 is 1.71. The van der Waals surface area contributed by atoms with Crippen LogP contribution in [0.25, 0.3) is 0 Å². The summed E-state index contributed by atoms with van der Waals surface area (Å²) in [5.74, 6) is -0.00217. The molecule has 0 saturated heterocycles. The van der Waals surface area contributed by atoms with E-state index in [-0.39, 0.29) is 5.91 Å². The maximum Gasteiger partial charge on any atom is 0.220 e. The fourth-order valence-electron chi connectivity index (χ4n) is 1.37. The van der Waals surface area contributed by atoms with Crippen LogP contribution in [0.4, 0.5) is 0 Å². The molecule has 0 aliphatic heterocycles. The van der Waals surface area contributed by atoms with E-state index in [1.807, 2.05) is 11.4 Å². The number of amides is 1. The van der Waals surface area contributed by atoms with E-state index in [2.05, 4.69) is 11.4 Å². The predicted octanol–water partition coefficient (Wildman–Crippen LogP) is 0.895. The van der Waals surface area contributed by atoms with E-state index in [4.69, 9.17) is 10.8 Å². The third kappa shape index (κ3) is 5.81. The Morgan fingerprint density at radius 1 is 1.65 bits per heavy atom. The van der Waals surface area contributed by atoms with E-state index >= 15 is 0 Å². The molecule has 96 valence electrons. The largest absolute Gasteiger partial charge is 0.392 e. The van der Waals surface area contributed by atoms with Crippen molar-refractivity contribution in [3.8, 4) is 0 Å². The fourth-order valence-corrected chi connectivity index (χ4v) is 2.12. The van der Waals surface area contributed by atoms with E-state index < -0.39 is 12.1 Å². The predicted molar refractivity (Wildman–Crippen MR) is 69.9 cm³/mol. The van der Waals surface area contributed by atoms with Gasteiger partial charge in [-0.2, -0.15) is 0 Å². The van der Waals surface area contributed by atoms with Crippen molar-refractivity contribution in [3.63, 3.8) is 0 Å². The molecule has 1 aromatic heterocycles. The Morgan fingerprint density at radius 3 is 3.00 bits per heavy atom. The van der Waals surface area contributed by atoms with Crippen LogP contribution in [0.3, 0.4) is 0 Å². The van der Waals surface area contributed by atoms with Gasteiger partial charge in [-0.15, -0.1) is 11.3 Å². The van der Waals surface area contributed by atoms with Crippen LogP contribution in [0, 0.1) is 0 Å². The molecular formula is C12H20N2O2S. The van der Waals surface area contributed by atoms with Crippen molar-refractivity contribution >= 4 is 17.2 Å². The van der Waals surface area contributed by atoms with Gasteiger partial charge in [-0.05, 0) is 31.2 Å². The van der Waals surface area contributed by atoms with Gasteiger partial charge in [0.2, 0.25) is 5.91 Å². The molecule has 17 heavy (non-hydrogen) atoms. The average Bonchev–Trinajstić information content (AvgIpc) is 2.78. The van der Waals surface area contributed by atoms with E-state index in [0.717, 1.165) is 12.8 Å². The minimum Gasteiger partial charge on any atom is -0.392 e. The maximum atomic E-state index is 11.5. The molecule has 1 aromatic rings. The molecule has 1 amide bonds. The van der Waals surface area contributed by atoms with Crippen LogP contribution in [0.1, 0.15) is 24.6 Å². The zero-order valence-electron chi connectivity index (χ0n) is 10.1. The zero-order valence-corrected chi connectivity index (χ0v) is 10.9. The Hall–Kier alpha value is -0.910. The summed E-state index contributed by atoms with van der Waals surface area (Å²) in [6.07, 6.45) is 1.69. The lowest BCUT2D eigenvalue weighted by molar-refractivity contribution is -0.121. The van der Waals surface area contributed by atoms with Gasteiger partial charge >= 0.3 is 0 Å². The van der Waals surface area contributed by atoms with Gasteiger partial charge in [0.25, 0.3) is 0 Å². The van der Waals surface area contributed by atoms with Crippen molar-refractivity contribution in [2.75, 3.05) is 6.54 Å². The SMILES string of the molecule is CC(O)C(N)CNC(=O)CCCc1cccs1. The number of hydrogen-bond donors (Lipinski definition) is 3. The molecule has 0 aliphatic rings. The first kappa shape index (κ1) is 14.2. The molecule has 0 fully saturated rings. The van der Waals surface area contributed by atoms with Gasteiger partial charge in [-0.1, -0.05) is 6.07 Å². The first-order chi connectivity index (χ1) is 8.09. The van der Waals surface area contributed by atoms with Crippen molar-refractivity contribution < 1.29 is 9.90 Å². The topological polar surface area (TPSA) is 75.3 Å². The smallest absolute Gasteiger partial charge is 0.220 e. The van der Waals surface area contributed by atoms with Gasteiger partial charge in [-0.3, -0.25) is 4.79 Å². The molecule has 0 aliphatic carbocycles. The van der Waals surface area contributed by atoms with Crippen LogP contribution >= 0.6 is 11.3 Å². The second-order valence-electron chi connectivity index (χ2n) is 4.14. The summed E-state index contributed by atoms with van der Waals surface area (Å²) in [6.45, 7) is 1.95. The van der Waals surface area contributed by atoms with Gasteiger partial charge in [0, 0.05) is 23.9 Å². The van der Waals surface area contributed by atoms with Crippen molar-refractivity contribution in [1.82, 2.24) is 5.32 Å². The first-order valence-corrected chi connectivity index (χ1v) is 6.70. The van der Waals surface area contributed by atoms with E-state index in [1.165, 1.54) is 4.88 Å². The lowest BCUT2D eigenvalue weighted by atomic mass is 10.2. The first-order valence-electron chi connectivity index (χ1n) is 5.82. The molecule has 0 spiro atoms. The lowest BCUT2D eigenvalue weighted by Crippen LogP contribution is -2.43. The highest BCUT2D eigenvalue weighted by Gasteiger charge is 2.10. The quantitative estimate of drug-likeness (QED) is 0.678. The Kier molecular flexibility index (Phi) is 6.18. The molecule has 0 aromatic carbocycles. The summed E-state index contributed by atoms with van der Waals surface area (Å²) in [7, 11) is 0. The fraction of sp³-hybridized carbons (Fsp3) is 0.583. The molecule has 4 N–H and O–H groups in total. The van der Waals surface area contributed by atoms with Gasteiger partial charge in [-0.25, -0.2) is 0 Å². The van der Waals surface area contributed by atoms with Crippen LogP contribution in [-0.4, -0.2) is 29.7 Å². The van der Waals surface area contributed by atoms with Crippen molar-refractivity contribution in [2.24, 2.45) is 5.73 Å². The molecule has 2 atom stereocenters.